The van der Waals surface area contributed by atoms with E-state index in [2.05, 4.69) is 4.74 Å². The Labute approximate surface area is 101 Å². The van der Waals surface area contributed by atoms with Crippen molar-refractivity contribution in [2.24, 2.45) is 5.92 Å². The van der Waals surface area contributed by atoms with Gasteiger partial charge in [0.15, 0.2) is 0 Å². The highest BCUT2D eigenvalue weighted by atomic mass is 16.6. The maximum atomic E-state index is 11.4. The molecule has 0 aromatic heterocycles. The second-order valence-electron chi connectivity index (χ2n) is 3.60. The van der Waals surface area contributed by atoms with Crippen LogP contribution in [0.25, 0.3) is 0 Å². The first-order valence-corrected chi connectivity index (χ1v) is 5.28. The Balaban J connectivity index is 4.43. The van der Waals surface area contributed by atoms with Crippen molar-refractivity contribution in [3.63, 3.8) is 0 Å². The molecule has 0 N–H and O–H groups in total. The molecule has 100 valence electrons. The van der Waals surface area contributed by atoms with Crippen molar-refractivity contribution >= 4 is 11.9 Å². The quantitative estimate of drug-likeness (QED) is 0.579. The first-order valence-electron chi connectivity index (χ1n) is 5.28. The van der Waals surface area contributed by atoms with Gasteiger partial charge in [0, 0.05) is 27.6 Å². The zero-order chi connectivity index (χ0) is 13.3. The van der Waals surface area contributed by atoms with E-state index in [1.165, 1.54) is 28.3 Å². The third-order valence-corrected chi connectivity index (χ3v) is 2.13. The predicted molar refractivity (Wildman–Crippen MR) is 59.4 cm³/mol. The molecule has 0 amide bonds. The molecule has 6 heteroatoms. The Morgan fingerprint density at radius 1 is 1.06 bits per heavy atom. The van der Waals surface area contributed by atoms with Crippen LogP contribution in [0.2, 0.25) is 0 Å². The molecule has 0 spiro atoms. The van der Waals surface area contributed by atoms with Gasteiger partial charge in [-0.3, -0.25) is 9.59 Å². The number of hydrogen-bond acceptors (Lipinski definition) is 6. The normalized spacial score (nSPS) is 13.9. The molecule has 17 heavy (non-hydrogen) atoms. The lowest BCUT2D eigenvalue weighted by molar-refractivity contribution is -0.156. The highest BCUT2D eigenvalue weighted by Gasteiger charge is 2.25. The molecule has 0 aromatic rings. The fraction of sp³-hybridized carbons (Fsp3) is 0.818. The van der Waals surface area contributed by atoms with Crippen LogP contribution in [-0.4, -0.2) is 52.6 Å². The maximum absolute atomic E-state index is 11.4. The molecule has 0 radical (unpaired) electrons. The molecule has 0 saturated carbocycles. The van der Waals surface area contributed by atoms with E-state index < -0.39 is 18.0 Å². The predicted octanol–water partition coefficient (Wildman–Crippen LogP) is 0.390. The van der Waals surface area contributed by atoms with Crippen molar-refractivity contribution in [3.05, 3.63) is 0 Å². The monoisotopic (exact) mass is 248 g/mol. The van der Waals surface area contributed by atoms with E-state index in [1.807, 2.05) is 0 Å². The van der Waals surface area contributed by atoms with E-state index in [4.69, 9.17) is 14.2 Å². The summed E-state index contributed by atoms with van der Waals surface area (Å²) in [4.78, 5) is 22.3. The minimum Gasteiger partial charge on any atom is -0.469 e. The van der Waals surface area contributed by atoms with Gasteiger partial charge in [0.05, 0.1) is 26.2 Å². The summed E-state index contributed by atoms with van der Waals surface area (Å²) in [5.41, 5.74) is 0. The van der Waals surface area contributed by atoms with E-state index in [-0.39, 0.29) is 19.2 Å². The maximum Gasteiger partial charge on any atom is 0.311 e. The second-order valence-corrected chi connectivity index (χ2v) is 3.60. The third kappa shape index (κ3) is 6.91. The lowest BCUT2D eigenvalue weighted by atomic mass is 10.0. The number of esters is 2. The standard InChI is InChI=1S/C11H20O6/c1-8(12)17-10(7-15-3)5-9(6-14-2)11(13)16-4/h9-10H,5-7H2,1-4H3. The average Bonchev–Trinajstić information content (AvgIpc) is 2.27. The van der Waals surface area contributed by atoms with Gasteiger partial charge in [-0.05, 0) is 0 Å². The van der Waals surface area contributed by atoms with Crippen LogP contribution in [0, 0.1) is 5.92 Å². The van der Waals surface area contributed by atoms with Crippen molar-refractivity contribution in [3.8, 4) is 0 Å². The summed E-state index contributed by atoms with van der Waals surface area (Å²) in [5, 5.41) is 0. The number of rotatable bonds is 8. The minimum atomic E-state index is -0.475. The summed E-state index contributed by atoms with van der Waals surface area (Å²) in [7, 11) is 4.30. The summed E-state index contributed by atoms with van der Waals surface area (Å²) in [6.45, 7) is 1.76. The largest absolute Gasteiger partial charge is 0.469 e. The SMILES string of the molecule is COCC(CC(COC)C(=O)OC)OC(C)=O. The van der Waals surface area contributed by atoms with Crippen molar-refractivity contribution in [1.82, 2.24) is 0 Å². The summed E-state index contributed by atoms with van der Waals surface area (Å²) < 4.78 is 19.5. The van der Waals surface area contributed by atoms with Gasteiger partial charge >= 0.3 is 11.9 Å². The molecule has 0 aromatic carbocycles. The summed E-state index contributed by atoms with van der Waals surface area (Å²) in [6, 6.07) is 0. The van der Waals surface area contributed by atoms with Gasteiger partial charge in [-0.2, -0.15) is 0 Å². The Kier molecular flexibility index (Phi) is 8.35. The van der Waals surface area contributed by atoms with Gasteiger partial charge in [-0.15, -0.1) is 0 Å². The number of carbonyl (C=O) groups excluding carboxylic acids is 2. The van der Waals surface area contributed by atoms with Gasteiger partial charge in [0.2, 0.25) is 0 Å². The van der Waals surface area contributed by atoms with Crippen LogP contribution >= 0.6 is 0 Å². The smallest absolute Gasteiger partial charge is 0.311 e. The number of ether oxygens (including phenoxy) is 4. The van der Waals surface area contributed by atoms with Gasteiger partial charge in [-0.25, -0.2) is 0 Å². The van der Waals surface area contributed by atoms with Gasteiger partial charge < -0.3 is 18.9 Å². The minimum absolute atomic E-state index is 0.216. The molecule has 6 nitrogen and oxygen atoms in total. The average molecular weight is 248 g/mol. The van der Waals surface area contributed by atoms with Crippen LogP contribution in [0.1, 0.15) is 13.3 Å². The zero-order valence-corrected chi connectivity index (χ0v) is 10.7. The molecule has 0 rings (SSSR count). The lowest BCUT2D eigenvalue weighted by Crippen LogP contribution is -2.31. The fourth-order valence-corrected chi connectivity index (χ4v) is 1.49. The highest BCUT2D eigenvalue weighted by molar-refractivity contribution is 5.72. The Hall–Kier alpha value is -1.14. The Bertz CT molecular complexity index is 240. The van der Waals surface area contributed by atoms with Crippen LogP contribution in [0.15, 0.2) is 0 Å². The van der Waals surface area contributed by atoms with Gasteiger partial charge in [0.1, 0.15) is 6.10 Å². The molecule has 0 aliphatic heterocycles. The van der Waals surface area contributed by atoms with E-state index in [9.17, 15) is 9.59 Å². The molecule has 0 fully saturated rings. The molecule has 2 unspecified atom stereocenters. The molecular formula is C11H20O6. The summed E-state index contributed by atoms with van der Waals surface area (Å²) >= 11 is 0. The van der Waals surface area contributed by atoms with Crippen molar-refractivity contribution in [1.29, 1.82) is 0 Å². The van der Waals surface area contributed by atoms with Crippen LogP contribution in [0.3, 0.4) is 0 Å². The fourth-order valence-electron chi connectivity index (χ4n) is 1.49. The first kappa shape index (κ1) is 15.9. The zero-order valence-electron chi connectivity index (χ0n) is 10.7. The molecule has 0 aliphatic rings. The van der Waals surface area contributed by atoms with Crippen LogP contribution in [-0.2, 0) is 28.5 Å². The Morgan fingerprint density at radius 2 is 1.65 bits per heavy atom. The highest BCUT2D eigenvalue weighted by Crippen LogP contribution is 2.13. The van der Waals surface area contributed by atoms with Gasteiger partial charge in [-0.1, -0.05) is 0 Å². The number of carbonyl (C=O) groups is 2. The molecular weight excluding hydrogens is 228 g/mol. The first-order chi connectivity index (χ1) is 8.04. The molecule has 2 atom stereocenters. The second kappa shape index (κ2) is 8.95. The van der Waals surface area contributed by atoms with Crippen molar-refractivity contribution in [2.45, 2.75) is 19.4 Å². The van der Waals surface area contributed by atoms with E-state index in [1.54, 1.807) is 0 Å². The number of methoxy groups -OCH3 is 3. The van der Waals surface area contributed by atoms with Crippen molar-refractivity contribution < 1.29 is 28.5 Å². The summed E-state index contributed by atoms with van der Waals surface area (Å²) in [5.74, 6) is -1.27. The van der Waals surface area contributed by atoms with Crippen LogP contribution in [0.4, 0.5) is 0 Å². The molecule has 0 bridgehead atoms. The topological polar surface area (TPSA) is 71.1 Å². The van der Waals surface area contributed by atoms with E-state index in [0.29, 0.717) is 6.42 Å². The van der Waals surface area contributed by atoms with Crippen molar-refractivity contribution in [2.75, 3.05) is 34.5 Å². The van der Waals surface area contributed by atoms with Crippen LogP contribution in [0.5, 0.6) is 0 Å². The van der Waals surface area contributed by atoms with Crippen LogP contribution < -0.4 is 0 Å². The third-order valence-electron chi connectivity index (χ3n) is 2.13. The van der Waals surface area contributed by atoms with Gasteiger partial charge in [0.25, 0.3) is 0 Å². The summed E-state index contributed by atoms with van der Waals surface area (Å²) in [6.07, 6.45) is -0.162. The molecule has 0 saturated heterocycles. The molecule has 0 heterocycles. The van der Waals surface area contributed by atoms with E-state index in [0.717, 1.165) is 0 Å². The van der Waals surface area contributed by atoms with E-state index >= 15 is 0 Å². The Morgan fingerprint density at radius 3 is 2.06 bits per heavy atom. The molecule has 0 aliphatic carbocycles. The lowest BCUT2D eigenvalue weighted by Gasteiger charge is -2.20. The number of hydrogen-bond donors (Lipinski definition) is 0.